The van der Waals surface area contributed by atoms with Gasteiger partial charge in [0.05, 0.1) is 12.1 Å². The number of hydrogen-bond acceptors (Lipinski definition) is 3. The predicted octanol–water partition coefficient (Wildman–Crippen LogP) is 3.75. The van der Waals surface area contributed by atoms with Gasteiger partial charge in [-0.15, -0.1) is 0 Å². The van der Waals surface area contributed by atoms with Gasteiger partial charge in [-0.25, -0.2) is 0 Å². The molecule has 3 nitrogen and oxygen atoms in total. The zero-order valence-corrected chi connectivity index (χ0v) is 13.5. The average molecular weight is 316 g/mol. The fourth-order valence-electron chi connectivity index (χ4n) is 3.98. The molecule has 2 heterocycles. The second-order valence-electron chi connectivity index (χ2n) is 6.90. The molecule has 1 aliphatic carbocycles. The largest absolute Gasteiger partial charge is 0.493 e. The van der Waals surface area contributed by atoms with Crippen molar-refractivity contribution in [3.63, 3.8) is 0 Å². The third-order valence-electron chi connectivity index (χ3n) is 5.50. The highest BCUT2D eigenvalue weighted by Gasteiger charge is 2.52. The number of piperidine rings is 1. The highest BCUT2D eigenvalue weighted by molar-refractivity contribution is 5.84. The summed E-state index contributed by atoms with van der Waals surface area (Å²) < 4.78 is 5.99. The molecule has 3 heteroatoms. The molecule has 1 aliphatic heterocycles. The minimum Gasteiger partial charge on any atom is -0.493 e. The van der Waals surface area contributed by atoms with E-state index in [1.54, 1.807) is 0 Å². The van der Waals surface area contributed by atoms with Crippen molar-refractivity contribution >= 4 is 10.9 Å². The number of benzene rings is 2. The topological polar surface area (TPSA) is 34.1 Å². The molecule has 2 aliphatic rings. The number of rotatable bonds is 4. The number of ether oxygens (including phenoxy) is 1. The van der Waals surface area contributed by atoms with E-state index in [2.05, 4.69) is 58.8 Å². The van der Waals surface area contributed by atoms with Gasteiger partial charge in [0.1, 0.15) is 5.75 Å². The van der Waals surface area contributed by atoms with Crippen molar-refractivity contribution in [2.45, 2.75) is 0 Å². The number of hydrogen-bond donors (Lipinski definition) is 1. The Balaban J connectivity index is 1.30. The summed E-state index contributed by atoms with van der Waals surface area (Å²) in [5, 5.41) is 4.60. The predicted molar refractivity (Wildman–Crippen MR) is 96.0 cm³/mol. The molecule has 24 heavy (non-hydrogen) atoms. The molecule has 3 atom stereocenters. The summed E-state index contributed by atoms with van der Waals surface area (Å²) in [6.45, 7) is 3.21. The standard InChI is InChI=1S/C21H20N2O/c1-2-16-10-15(5-8-21(16)23-9-1)14-3-6-17(7-4-14)24-13-20-18-11-22-12-19(18)20/h1-10,18-20,22H,11-13H2/t18-,19+,20+. The Morgan fingerprint density at radius 2 is 1.75 bits per heavy atom. The molecule has 1 saturated carbocycles. The van der Waals surface area contributed by atoms with Gasteiger partial charge in [0.2, 0.25) is 0 Å². The molecule has 2 fully saturated rings. The van der Waals surface area contributed by atoms with Gasteiger partial charge >= 0.3 is 0 Å². The third-order valence-corrected chi connectivity index (χ3v) is 5.50. The van der Waals surface area contributed by atoms with Crippen molar-refractivity contribution in [2.75, 3.05) is 19.7 Å². The Bertz CT molecular complexity index is 864. The first-order valence-corrected chi connectivity index (χ1v) is 8.67. The summed E-state index contributed by atoms with van der Waals surface area (Å²) >= 11 is 0. The van der Waals surface area contributed by atoms with Crippen molar-refractivity contribution in [3.05, 3.63) is 60.8 Å². The number of fused-ring (bicyclic) bond motifs is 2. The molecule has 5 rings (SSSR count). The normalized spacial score (nSPS) is 24.8. The van der Waals surface area contributed by atoms with Crippen LogP contribution in [-0.2, 0) is 0 Å². The lowest BCUT2D eigenvalue weighted by molar-refractivity contribution is 0.280. The Hall–Kier alpha value is -2.39. The van der Waals surface area contributed by atoms with Crippen molar-refractivity contribution < 1.29 is 4.74 Å². The maximum atomic E-state index is 5.99. The second kappa shape index (κ2) is 5.60. The van der Waals surface area contributed by atoms with Crippen LogP contribution in [0.15, 0.2) is 60.8 Å². The van der Waals surface area contributed by atoms with Crippen LogP contribution in [0.5, 0.6) is 5.75 Å². The van der Waals surface area contributed by atoms with Crippen molar-refractivity contribution in [1.82, 2.24) is 10.3 Å². The second-order valence-corrected chi connectivity index (χ2v) is 6.90. The van der Waals surface area contributed by atoms with E-state index in [1.165, 1.54) is 29.6 Å². The van der Waals surface area contributed by atoms with Crippen molar-refractivity contribution in [1.29, 1.82) is 0 Å². The SMILES string of the molecule is c1cnc2ccc(-c3ccc(OC[C@H]4[C@@H]5CNC[C@@H]54)cc3)cc2c1. The van der Waals surface area contributed by atoms with E-state index in [9.17, 15) is 0 Å². The van der Waals surface area contributed by atoms with Crippen molar-refractivity contribution in [3.8, 4) is 16.9 Å². The van der Waals surface area contributed by atoms with Crippen LogP contribution in [0, 0.1) is 17.8 Å². The molecule has 0 spiro atoms. The van der Waals surface area contributed by atoms with Gasteiger partial charge in [0.15, 0.2) is 0 Å². The molecule has 3 aromatic rings. The highest BCUT2D eigenvalue weighted by Crippen LogP contribution is 2.48. The summed E-state index contributed by atoms with van der Waals surface area (Å²) in [5.41, 5.74) is 3.45. The maximum absolute atomic E-state index is 5.99. The maximum Gasteiger partial charge on any atom is 0.119 e. The van der Waals surface area contributed by atoms with E-state index in [0.29, 0.717) is 0 Å². The molecule has 0 radical (unpaired) electrons. The lowest BCUT2D eigenvalue weighted by Gasteiger charge is -2.09. The molecule has 120 valence electrons. The van der Waals surface area contributed by atoms with Crippen LogP contribution in [0.4, 0.5) is 0 Å². The molecule has 1 aromatic heterocycles. The van der Waals surface area contributed by atoms with Crippen LogP contribution >= 0.6 is 0 Å². The van der Waals surface area contributed by atoms with Crippen LogP contribution in [-0.4, -0.2) is 24.7 Å². The van der Waals surface area contributed by atoms with Gasteiger partial charge in [-0.2, -0.15) is 0 Å². The Morgan fingerprint density at radius 1 is 0.958 bits per heavy atom. The van der Waals surface area contributed by atoms with E-state index >= 15 is 0 Å². The summed E-state index contributed by atoms with van der Waals surface area (Å²) in [6, 6.07) is 18.9. The number of aromatic nitrogens is 1. The van der Waals surface area contributed by atoms with Gasteiger partial charge in [-0.1, -0.05) is 24.3 Å². The molecular weight excluding hydrogens is 296 g/mol. The van der Waals surface area contributed by atoms with Gasteiger partial charge in [0, 0.05) is 17.5 Å². The molecule has 1 saturated heterocycles. The number of nitrogens with zero attached hydrogens (tertiary/aromatic N) is 1. The van der Waals surface area contributed by atoms with Crippen LogP contribution in [0.25, 0.3) is 22.0 Å². The van der Waals surface area contributed by atoms with Gasteiger partial charge in [-0.05, 0) is 66.4 Å². The van der Waals surface area contributed by atoms with Crippen LogP contribution in [0.2, 0.25) is 0 Å². The van der Waals surface area contributed by atoms with Gasteiger partial charge < -0.3 is 10.1 Å². The van der Waals surface area contributed by atoms with Gasteiger partial charge in [0.25, 0.3) is 0 Å². The quantitative estimate of drug-likeness (QED) is 0.796. The fraction of sp³-hybridized carbons (Fsp3) is 0.286. The first-order chi connectivity index (χ1) is 11.9. The van der Waals surface area contributed by atoms with Crippen LogP contribution in [0.3, 0.4) is 0 Å². The fourth-order valence-corrected chi connectivity index (χ4v) is 3.98. The van der Waals surface area contributed by atoms with Crippen LogP contribution in [0.1, 0.15) is 0 Å². The number of nitrogens with one attached hydrogen (secondary N) is 1. The van der Waals surface area contributed by atoms with Crippen LogP contribution < -0.4 is 10.1 Å². The summed E-state index contributed by atoms with van der Waals surface area (Å²) in [7, 11) is 0. The van der Waals surface area contributed by atoms with E-state index in [0.717, 1.165) is 35.6 Å². The average Bonchev–Trinajstić information content (AvgIpc) is 3.07. The molecule has 0 unspecified atom stereocenters. The Labute approximate surface area is 141 Å². The monoisotopic (exact) mass is 316 g/mol. The smallest absolute Gasteiger partial charge is 0.119 e. The summed E-state index contributed by atoms with van der Waals surface area (Å²) in [6.07, 6.45) is 1.83. The Kier molecular flexibility index (Phi) is 3.27. The molecule has 0 bridgehead atoms. The number of pyridine rings is 1. The third kappa shape index (κ3) is 2.45. The molecule has 1 N–H and O–H groups in total. The summed E-state index contributed by atoms with van der Waals surface area (Å²) in [4.78, 5) is 4.38. The van der Waals surface area contributed by atoms with Crippen molar-refractivity contribution in [2.24, 2.45) is 17.8 Å². The zero-order chi connectivity index (χ0) is 15.9. The first-order valence-electron chi connectivity index (χ1n) is 8.67. The minimum atomic E-state index is 0.763. The lowest BCUT2D eigenvalue weighted by Crippen LogP contribution is -2.17. The van der Waals surface area contributed by atoms with E-state index < -0.39 is 0 Å². The lowest BCUT2D eigenvalue weighted by atomic mass is 10.0. The highest BCUT2D eigenvalue weighted by atomic mass is 16.5. The van der Waals surface area contributed by atoms with E-state index in [4.69, 9.17) is 4.74 Å². The molecular formula is C21H20N2O. The molecule has 0 amide bonds. The Morgan fingerprint density at radius 3 is 2.58 bits per heavy atom. The summed E-state index contributed by atoms with van der Waals surface area (Å²) in [5.74, 6) is 3.45. The molecule has 2 aromatic carbocycles. The zero-order valence-electron chi connectivity index (χ0n) is 13.5. The van der Waals surface area contributed by atoms with E-state index in [1.807, 2.05) is 12.3 Å². The first kappa shape index (κ1) is 14.0. The minimum absolute atomic E-state index is 0.763. The van der Waals surface area contributed by atoms with Gasteiger partial charge in [-0.3, -0.25) is 4.98 Å². The van der Waals surface area contributed by atoms with E-state index in [-0.39, 0.29) is 0 Å².